The Bertz CT molecular complexity index is 635. The van der Waals surface area contributed by atoms with Crippen LogP contribution in [-0.4, -0.2) is 71.9 Å². The highest BCUT2D eigenvalue weighted by atomic mass is 35.5. The zero-order chi connectivity index (χ0) is 16.9. The zero-order valence-electron chi connectivity index (χ0n) is 14.0. The maximum Gasteiger partial charge on any atom is 0.253 e. The largest absolute Gasteiger partial charge is 0.495 e. The first-order chi connectivity index (χ1) is 10.3. The van der Waals surface area contributed by atoms with Crippen molar-refractivity contribution in [3.8, 4) is 5.75 Å². The molecule has 0 bridgehead atoms. The molecule has 0 unspecified atom stereocenters. The van der Waals surface area contributed by atoms with Gasteiger partial charge in [-0.3, -0.25) is 4.79 Å². The van der Waals surface area contributed by atoms with Gasteiger partial charge in [0.05, 0.1) is 7.11 Å². The van der Waals surface area contributed by atoms with Gasteiger partial charge in [-0.15, -0.1) is 12.4 Å². The van der Waals surface area contributed by atoms with Gasteiger partial charge in [0.25, 0.3) is 5.91 Å². The second-order valence-electron chi connectivity index (χ2n) is 4.98. The predicted molar refractivity (Wildman–Crippen MR) is 92.0 cm³/mol. The number of benzene rings is 1. The molecule has 0 atom stereocenters. The van der Waals surface area contributed by atoms with Crippen molar-refractivity contribution in [2.75, 3.05) is 48.4 Å². The maximum atomic E-state index is 12.3. The minimum Gasteiger partial charge on any atom is -0.495 e. The lowest BCUT2D eigenvalue weighted by molar-refractivity contribution is 0.0796. The van der Waals surface area contributed by atoms with Gasteiger partial charge in [0.1, 0.15) is 10.6 Å². The van der Waals surface area contributed by atoms with Crippen molar-refractivity contribution in [2.24, 2.45) is 0 Å². The molecule has 0 aliphatic rings. The zero-order valence-corrected chi connectivity index (χ0v) is 15.6. The molecule has 0 saturated heterocycles. The Hall–Kier alpha value is -1.35. The van der Waals surface area contributed by atoms with E-state index in [9.17, 15) is 13.2 Å². The van der Waals surface area contributed by atoms with Crippen molar-refractivity contribution in [3.05, 3.63) is 23.8 Å². The van der Waals surface area contributed by atoms with E-state index in [1.54, 1.807) is 20.2 Å². The van der Waals surface area contributed by atoms with Crippen molar-refractivity contribution in [1.29, 1.82) is 0 Å². The van der Waals surface area contributed by atoms with E-state index < -0.39 is 10.0 Å². The Balaban J connectivity index is 0.00000484. The molecule has 0 aromatic heterocycles. The number of hydrogen-bond donors (Lipinski definition) is 1. The molecule has 0 heterocycles. The lowest BCUT2D eigenvalue weighted by Crippen LogP contribution is -2.33. The van der Waals surface area contributed by atoms with Gasteiger partial charge in [-0.25, -0.2) is 12.7 Å². The van der Waals surface area contributed by atoms with Crippen molar-refractivity contribution < 1.29 is 17.9 Å². The Morgan fingerprint density at radius 1 is 1.26 bits per heavy atom. The fourth-order valence-corrected chi connectivity index (χ4v) is 2.88. The first-order valence-electron chi connectivity index (χ1n) is 6.76. The molecule has 1 amide bonds. The quantitative estimate of drug-likeness (QED) is 0.767. The summed E-state index contributed by atoms with van der Waals surface area (Å²) >= 11 is 0. The molecular formula is C14H24ClN3O4S. The molecule has 0 saturated carbocycles. The summed E-state index contributed by atoms with van der Waals surface area (Å²) in [6, 6.07) is 4.41. The smallest absolute Gasteiger partial charge is 0.253 e. The molecule has 1 rings (SSSR count). The highest BCUT2D eigenvalue weighted by Gasteiger charge is 2.24. The van der Waals surface area contributed by atoms with E-state index in [-0.39, 0.29) is 29.0 Å². The Morgan fingerprint density at radius 2 is 1.87 bits per heavy atom. The summed E-state index contributed by atoms with van der Waals surface area (Å²) in [6.07, 6.45) is 0. The van der Waals surface area contributed by atoms with Crippen molar-refractivity contribution in [2.45, 2.75) is 4.90 Å². The van der Waals surface area contributed by atoms with E-state index in [1.807, 2.05) is 0 Å². The Labute approximate surface area is 144 Å². The van der Waals surface area contributed by atoms with E-state index in [2.05, 4.69) is 5.32 Å². The summed E-state index contributed by atoms with van der Waals surface area (Å²) in [5.41, 5.74) is 0.305. The molecular weight excluding hydrogens is 342 g/mol. The van der Waals surface area contributed by atoms with Crippen LogP contribution in [0.1, 0.15) is 10.4 Å². The first-order valence-corrected chi connectivity index (χ1v) is 8.20. The number of carbonyl (C=O) groups is 1. The highest BCUT2D eigenvalue weighted by Crippen LogP contribution is 2.27. The van der Waals surface area contributed by atoms with Crippen LogP contribution in [0.15, 0.2) is 23.1 Å². The molecule has 132 valence electrons. The molecule has 0 aliphatic heterocycles. The minimum absolute atomic E-state index is 0. The van der Waals surface area contributed by atoms with Gasteiger partial charge in [0, 0.05) is 39.8 Å². The third kappa shape index (κ3) is 5.07. The predicted octanol–water partition coefficient (Wildman–Crippen LogP) is 0.659. The monoisotopic (exact) mass is 365 g/mol. The average molecular weight is 366 g/mol. The second kappa shape index (κ2) is 9.07. The van der Waals surface area contributed by atoms with E-state index >= 15 is 0 Å². The van der Waals surface area contributed by atoms with Crippen LogP contribution in [0.2, 0.25) is 0 Å². The number of nitrogens with zero attached hydrogens (tertiary/aromatic N) is 2. The van der Waals surface area contributed by atoms with E-state index in [0.717, 1.165) is 4.31 Å². The van der Waals surface area contributed by atoms with Gasteiger partial charge in [0.15, 0.2) is 0 Å². The number of likely N-dealkylation sites (N-methyl/N-ethyl adjacent to an activating group) is 2. The van der Waals surface area contributed by atoms with E-state index in [1.165, 1.54) is 38.2 Å². The molecule has 0 spiro atoms. The van der Waals surface area contributed by atoms with Gasteiger partial charge in [-0.1, -0.05) is 0 Å². The van der Waals surface area contributed by atoms with Crippen LogP contribution >= 0.6 is 12.4 Å². The van der Waals surface area contributed by atoms with Crippen molar-refractivity contribution >= 4 is 28.3 Å². The Kier molecular flexibility index (Phi) is 8.54. The molecule has 7 nitrogen and oxygen atoms in total. The second-order valence-corrected chi connectivity index (χ2v) is 7.10. The topological polar surface area (TPSA) is 79.0 Å². The van der Waals surface area contributed by atoms with Crippen LogP contribution in [0.4, 0.5) is 0 Å². The summed E-state index contributed by atoms with van der Waals surface area (Å²) in [4.78, 5) is 13.9. The third-order valence-electron chi connectivity index (χ3n) is 3.21. The molecule has 1 N–H and O–H groups in total. The van der Waals surface area contributed by atoms with Crippen LogP contribution in [-0.2, 0) is 10.0 Å². The molecule has 9 heteroatoms. The normalized spacial score (nSPS) is 11.0. The number of amides is 1. The first kappa shape index (κ1) is 21.6. The van der Waals surface area contributed by atoms with Crippen LogP contribution in [0, 0.1) is 0 Å². The lowest BCUT2D eigenvalue weighted by atomic mass is 10.2. The average Bonchev–Trinajstić information content (AvgIpc) is 2.50. The SMILES string of the molecule is CNCCN(C)C(=O)c1ccc(OC)c(S(=O)(=O)N(C)C)c1.Cl. The van der Waals surface area contributed by atoms with Crippen molar-refractivity contribution in [1.82, 2.24) is 14.5 Å². The summed E-state index contributed by atoms with van der Waals surface area (Å²) in [5, 5.41) is 2.96. The highest BCUT2D eigenvalue weighted by molar-refractivity contribution is 7.89. The van der Waals surface area contributed by atoms with Gasteiger partial charge < -0.3 is 15.0 Å². The molecule has 0 aliphatic carbocycles. The van der Waals surface area contributed by atoms with Crippen molar-refractivity contribution in [3.63, 3.8) is 0 Å². The molecule has 1 aromatic carbocycles. The number of carbonyl (C=O) groups excluding carboxylic acids is 1. The minimum atomic E-state index is -3.69. The summed E-state index contributed by atoms with van der Waals surface area (Å²) in [5.74, 6) is -0.0313. The number of hydrogen-bond acceptors (Lipinski definition) is 5. The number of rotatable bonds is 7. The number of nitrogens with one attached hydrogen (secondary N) is 1. The van der Waals surface area contributed by atoms with Crippen LogP contribution in [0.5, 0.6) is 5.75 Å². The molecule has 23 heavy (non-hydrogen) atoms. The maximum absolute atomic E-state index is 12.3. The van der Waals surface area contributed by atoms with E-state index in [4.69, 9.17) is 4.74 Å². The number of ether oxygens (including phenoxy) is 1. The lowest BCUT2D eigenvalue weighted by Gasteiger charge is -2.19. The van der Waals surface area contributed by atoms with Crippen LogP contribution in [0.3, 0.4) is 0 Å². The summed E-state index contributed by atoms with van der Waals surface area (Å²) in [7, 11) is 4.04. The van der Waals surface area contributed by atoms with Gasteiger partial charge >= 0.3 is 0 Å². The Morgan fingerprint density at radius 3 is 2.35 bits per heavy atom. The molecule has 1 aromatic rings. The molecule has 0 fully saturated rings. The van der Waals surface area contributed by atoms with E-state index in [0.29, 0.717) is 18.7 Å². The van der Waals surface area contributed by atoms with Gasteiger partial charge in [-0.2, -0.15) is 0 Å². The third-order valence-corrected chi connectivity index (χ3v) is 5.05. The fourth-order valence-electron chi connectivity index (χ4n) is 1.81. The van der Waals surface area contributed by atoms with Gasteiger partial charge in [0.2, 0.25) is 10.0 Å². The standard InChI is InChI=1S/C14H23N3O4S.ClH/c1-15-8-9-17(4)14(18)11-6-7-12(21-5)13(10-11)22(19,20)16(2)3;/h6-7,10,15H,8-9H2,1-5H3;1H. The number of sulfonamides is 1. The molecule has 0 radical (unpaired) electrons. The fraction of sp³-hybridized carbons (Fsp3) is 0.500. The van der Waals surface area contributed by atoms with Crippen LogP contribution < -0.4 is 10.1 Å². The number of methoxy groups -OCH3 is 1. The summed E-state index contributed by atoms with van der Waals surface area (Å²) in [6.45, 7) is 1.18. The van der Waals surface area contributed by atoms with Gasteiger partial charge in [-0.05, 0) is 25.2 Å². The van der Waals surface area contributed by atoms with Crippen LogP contribution in [0.25, 0.3) is 0 Å². The summed E-state index contributed by atoms with van der Waals surface area (Å²) < 4.78 is 30.9. The number of halogens is 1.